The van der Waals surface area contributed by atoms with E-state index in [0.29, 0.717) is 54.0 Å². The Morgan fingerprint density at radius 1 is 1.23 bits per heavy atom. The lowest BCUT2D eigenvalue weighted by molar-refractivity contribution is -0.129. The van der Waals surface area contributed by atoms with Crippen LogP contribution >= 0.6 is 0 Å². The van der Waals surface area contributed by atoms with Crippen LogP contribution < -0.4 is 19.9 Å². The minimum atomic E-state index is -1.04. The molecule has 1 amide bonds. The number of nitrogens with one attached hydrogen (secondary N) is 1. The Morgan fingerprint density at radius 2 is 2.00 bits per heavy atom. The Hall–Kier alpha value is -5.44. The van der Waals surface area contributed by atoms with Crippen molar-refractivity contribution in [2.45, 2.75) is 69.2 Å². The summed E-state index contributed by atoms with van der Waals surface area (Å²) in [5, 5.41) is 15.4. The maximum absolute atomic E-state index is 15.0. The number of fused-ring (bicyclic) bond motifs is 2. The summed E-state index contributed by atoms with van der Waals surface area (Å²) in [5.41, 5.74) is 2.07. The number of pyridine rings is 1. The van der Waals surface area contributed by atoms with Gasteiger partial charge in [0.2, 0.25) is 5.91 Å². The molecule has 10 nitrogen and oxygen atoms in total. The molecule has 2 aromatic carbocycles. The van der Waals surface area contributed by atoms with Crippen LogP contribution in [-0.2, 0) is 17.8 Å². The minimum absolute atomic E-state index is 0.0340. The number of likely N-dealkylation sites (N-methyl/N-ethyl adjacent to an activating group) is 1. The standard InChI is InChI=1S/C40H43F2N7O3/c1-5-30-32(42)10-9-26-19-29(50)20-34(36(26)30)48-18-13-31-33(23-48)45-38(46-37(31)44-24-40(14-7-8-15-40)47(4)35(51)6-2)52-25-39(3)21-27(41)22-49(39)28-11-16-43-17-12-28/h1,6,9-12,16-17,19-20,27,50H,2,7-8,13-15,18,21-25H2,3-4H3,(H,44,45,46)/t27-,39+/m1/s1. The van der Waals surface area contributed by atoms with Gasteiger partial charge in [0.25, 0.3) is 0 Å². The van der Waals surface area contributed by atoms with Gasteiger partial charge < -0.3 is 29.9 Å². The van der Waals surface area contributed by atoms with Gasteiger partial charge in [-0.15, -0.1) is 6.42 Å². The molecule has 1 saturated carbocycles. The first-order valence-corrected chi connectivity index (χ1v) is 17.7. The Kier molecular flexibility index (Phi) is 9.38. The number of carbonyl (C=O) groups is 1. The topological polar surface area (TPSA) is 107 Å². The number of alkyl halides is 1. The fourth-order valence-electron chi connectivity index (χ4n) is 8.27. The molecule has 1 aliphatic carbocycles. The number of aromatic hydroxyl groups is 1. The van der Waals surface area contributed by atoms with Crippen LogP contribution in [0.2, 0.25) is 0 Å². The van der Waals surface area contributed by atoms with Crippen LogP contribution in [0.4, 0.5) is 26.0 Å². The van der Waals surface area contributed by atoms with E-state index < -0.39 is 23.1 Å². The van der Waals surface area contributed by atoms with Crippen molar-refractivity contribution in [3.63, 3.8) is 0 Å². The van der Waals surface area contributed by atoms with E-state index in [9.17, 15) is 18.7 Å². The molecular weight excluding hydrogens is 664 g/mol. The van der Waals surface area contributed by atoms with Crippen molar-refractivity contribution < 1.29 is 23.4 Å². The number of benzene rings is 2. The first-order valence-electron chi connectivity index (χ1n) is 17.7. The highest BCUT2D eigenvalue weighted by molar-refractivity contribution is 6.00. The average Bonchev–Trinajstić information content (AvgIpc) is 3.76. The number of carbonyl (C=O) groups excluding carboxylic acids is 1. The van der Waals surface area contributed by atoms with Crippen LogP contribution in [0.3, 0.4) is 0 Å². The second-order valence-corrected chi connectivity index (χ2v) is 14.4. The molecule has 2 atom stereocenters. The molecule has 2 aliphatic heterocycles. The summed E-state index contributed by atoms with van der Waals surface area (Å²) in [4.78, 5) is 32.5. The lowest BCUT2D eigenvalue weighted by Crippen LogP contribution is -2.51. The molecule has 1 saturated heterocycles. The summed E-state index contributed by atoms with van der Waals surface area (Å²) in [5.74, 6) is 2.49. The summed E-state index contributed by atoms with van der Waals surface area (Å²) in [7, 11) is 1.82. The molecule has 0 radical (unpaired) electrons. The van der Waals surface area contributed by atoms with Gasteiger partial charge in [0.05, 0.1) is 28.9 Å². The number of rotatable bonds is 10. The Balaban J connectivity index is 1.24. The molecule has 2 N–H and O–H groups in total. The number of amides is 1. The number of ether oxygens (including phenoxy) is 1. The number of hydrogen-bond donors (Lipinski definition) is 2. The molecule has 2 fully saturated rings. The summed E-state index contributed by atoms with van der Waals surface area (Å²) in [6.45, 7) is 7.31. The SMILES string of the molecule is C#Cc1c(F)ccc2cc(O)cc(N3CCc4c(nc(OC[C@]5(C)C[C@@H](F)CN5c5ccncc5)nc4NCC4(N(C)C(=O)C=C)CCCC4)C3)c12. The van der Waals surface area contributed by atoms with Crippen LogP contribution in [0, 0.1) is 18.2 Å². The molecular formula is C40H43F2N7O3. The van der Waals surface area contributed by atoms with Gasteiger partial charge in [0.1, 0.15) is 30.2 Å². The quantitative estimate of drug-likeness (QED) is 0.148. The third-order valence-electron chi connectivity index (χ3n) is 11.1. The zero-order valence-corrected chi connectivity index (χ0v) is 29.5. The van der Waals surface area contributed by atoms with Gasteiger partial charge in [-0.25, -0.2) is 8.78 Å². The maximum atomic E-state index is 15.0. The molecule has 2 aromatic heterocycles. The van der Waals surface area contributed by atoms with Crippen LogP contribution in [0.15, 0.2) is 61.4 Å². The van der Waals surface area contributed by atoms with Crippen molar-refractivity contribution >= 4 is 33.9 Å². The molecule has 4 heterocycles. The highest BCUT2D eigenvalue weighted by Gasteiger charge is 2.44. The summed E-state index contributed by atoms with van der Waals surface area (Å²) in [6, 6.07) is 9.94. The first-order chi connectivity index (χ1) is 25.0. The van der Waals surface area contributed by atoms with Crippen LogP contribution in [0.5, 0.6) is 11.8 Å². The number of hydrogen-bond acceptors (Lipinski definition) is 9. The Bertz CT molecular complexity index is 2050. The summed E-state index contributed by atoms with van der Waals surface area (Å²) in [6.07, 6.45) is 13.9. The van der Waals surface area contributed by atoms with E-state index in [2.05, 4.69) is 22.8 Å². The van der Waals surface area contributed by atoms with Gasteiger partial charge in [0, 0.05) is 73.9 Å². The molecule has 52 heavy (non-hydrogen) atoms. The van der Waals surface area contributed by atoms with Gasteiger partial charge in [-0.3, -0.25) is 9.78 Å². The number of halogens is 2. The van der Waals surface area contributed by atoms with E-state index in [1.165, 1.54) is 12.1 Å². The monoisotopic (exact) mass is 707 g/mol. The number of terminal acetylenes is 1. The average molecular weight is 708 g/mol. The van der Waals surface area contributed by atoms with E-state index in [-0.39, 0.29) is 42.8 Å². The highest BCUT2D eigenvalue weighted by atomic mass is 19.1. The Labute approximate surface area is 302 Å². The predicted molar refractivity (Wildman–Crippen MR) is 198 cm³/mol. The zero-order valence-electron chi connectivity index (χ0n) is 29.5. The van der Waals surface area contributed by atoms with Crippen LogP contribution in [0.25, 0.3) is 10.8 Å². The molecule has 0 bridgehead atoms. The highest BCUT2D eigenvalue weighted by Crippen LogP contribution is 2.40. The molecule has 0 spiro atoms. The number of phenols is 1. The second-order valence-electron chi connectivity index (χ2n) is 14.4. The van der Waals surface area contributed by atoms with Crippen molar-refractivity contribution in [1.82, 2.24) is 19.9 Å². The van der Waals surface area contributed by atoms with E-state index >= 15 is 0 Å². The fraction of sp³-hybridized carbons (Fsp3) is 0.400. The summed E-state index contributed by atoms with van der Waals surface area (Å²) >= 11 is 0. The maximum Gasteiger partial charge on any atom is 0.318 e. The first kappa shape index (κ1) is 35.0. The van der Waals surface area contributed by atoms with Gasteiger partial charge in [0.15, 0.2) is 0 Å². The normalized spacial score (nSPS) is 20.7. The molecule has 7 rings (SSSR count). The molecule has 3 aliphatic rings. The fourth-order valence-corrected chi connectivity index (χ4v) is 8.27. The number of aromatic nitrogens is 3. The molecule has 270 valence electrons. The van der Waals surface area contributed by atoms with Crippen molar-refractivity contribution in [2.75, 3.05) is 48.4 Å². The number of anilines is 3. The lowest BCUT2D eigenvalue weighted by Gasteiger charge is -2.39. The van der Waals surface area contributed by atoms with E-state index in [4.69, 9.17) is 21.1 Å². The zero-order chi connectivity index (χ0) is 36.6. The van der Waals surface area contributed by atoms with Crippen molar-refractivity contribution in [3.05, 3.63) is 84.1 Å². The van der Waals surface area contributed by atoms with Crippen molar-refractivity contribution in [3.8, 4) is 24.1 Å². The summed E-state index contributed by atoms with van der Waals surface area (Å²) < 4.78 is 36.3. The largest absolute Gasteiger partial charge is 0.508 e. The number of phenolic OH excluding ortho intramolecular Hbond substituents is 1. The minimum Gasteiger partial charge on any atom is -0.508 e. The Morgan fingerprint density at radius 3 is 2.73 bits per heavy atom. The molecule has 4 aromatic rings. The number of nitrogens with zero attached hydrogens (tertiary/aromatic N) is 6. The van der Waals surface area contributed by atoms with E-state index in [1.807, 2.05) is 35.9 Å². The predicted octanol–water partition coefficient (Wildman–Crippen LogP) is 6.17. The third-order valence-corrected chi connectivity index (χ3v) is 11.1. The molecule has 12 heteroatoms. The van der Waals surface area contributed by atoms with Gasteiger partial charge in [-0.1, -0.05) is 31.4 Å². The van der Waals surface area contributed by atoms with Crippen LogP contribution in [0.1, 0.15) is 55.8 Å². The smallest absolute Gasteiger partial charge is 0.318 e. The van der Waals surface area contributed by atoms with Crippen molar-refractivity contribution in [1.29, 1.82) is 0 Å². The van der Waals surface area contributed by atoms with E-state index in [0.717, 1.165) is 36.9 Å². The lowest BCUT2D eigenvalue weighted by atomic mass is 9.94. The van der Waals surface area contributed by atoms with Crippen molar-refractivity contribution in [2.24, 2.45) is 0 Å². The van der Waals surface area contributed by atoms with Gasteiger partial charge in [-0.05, 0) is 61.9 Å². The van der Waals surface area contributed by atoms with Gasteiger partial charge >= 0.3 is 6.01 Å². The van der Waals surface area contributed by atoms with Gasteiger partial charge in [-0.2, -0.15) is 9.97 Å². The van der Waals surface area contributed by atoms with E-state index in [1.54, 1.807) is 35.5 Å². The third kappa shape index (κ3) is 6.44. The second kappa shape index (κ2) is 13.9. The molecule has 0 unspecified atom stereocenters. The van der Waals surface area contributed by atoms with Crippen LogP contribution in [-0.4, -0.2) is 81.4 Å².